The van der Waals surface area contributed by atoms with Gasteiger partial charge in [-0.15, -0.1) is 21.5 Å². The van der Waals surface area contributed by atoms with E-state index in [1.807, 2.05) is 12.1 Å². The molecule has 2 N–H and O–H groups in total. The second-order valence-electron chi connectivity index (χ2n) is 7.48. The zero-order valence-corrected chi connectivity index (χ0v) is 19.6. The first kappa shape index (κ1) is 24.6. The molecule has 0 radical (unpaired) electrons. The number of ether oxygens (including phenoxy) is 1. The number of alkyl halides is 3. The van der Waals surface area contributed by atoms with Gasteiger partial charge in [-0.1, -0.05) is 0 Å². The number of carbonyl (C=O) groups is 1. The van der Waals surface area contributed by atoms with E-state index in [1.54, 1.807) is 9.95 Å². The number of rotatable bonds is 6. The molecule has 4 heterocycles. The van der Waals surface area contributed by atoms with Gasteiger partial charge in [0.05, 0.1) is 36.4 Å². The number of anilines is 1. The molecule has 0 unspecified atom stereocenters. The monoisotopic (exact) mass is 508 g/mol. The second-order valence-corrected chi connectivity index (χ2v) is 8.32. The van der Waals surface area contributed by atoms with Gasteiger partial charge in [0.1, 0.15) is 5.69 Å². The number of aromatic nitrogens is 4. The van der Waals surface area contributed by atoms with E-state index >= 15 is 0 Å². The number of pyridine rings is 1. The fourth-order valence-corrected chi connectivity index (χ4v) is 4.33. The van der Waals surface area contributed by atoms with Gasteiger partial charge in [0.15, 0.2) is 10.6 Å². The Morgan fingerprint density at radius 3 is 2.71 bits per heavy atom. The van der Waals surface area contributed by atoms with Crippen molar-refractivity contribution < 1.29 is 22.7 Å². The summed E-state index contributed by atoms with van der Waals surface area (Å²) in [6, 6.07) is 4.29. The summed E-state index contributed by atoms with van der Waals surface area (Å²) in [5.74, 6) is 0.736. The number of amides is 2. The van der Waals surface area contributed by atoms with Crippen LogP contribution in [0.5, 0.6) is 0 Å². The molecule has 14 heteroatoms. The molecule has 1 aliphatic rings. The third-order valence-corrected chi connectivity index (χ3v) is 6.03. The van der Waals surface area contributed by atoms with Crippen LogP contribution in [0.1, 0.15) is 5.56 Å². The van der Waals surface area contributed by atoms with Gasteiger partial charge in [0.2, 0.25) is 0 Å². The Kier molecular flexibility index (Phi) is 7.60. The average molecular weight is 509 g/mol. The molecule has 0 bridgehead atoms. The minimum atomic E-state index is -4.52. The highest BCUT2D eigenvalue weighted by atomic mass is 32.1. The van der Waals surface area contributed by atoms with Gasteiger partial charge in [0, 0.05) is 44.8 Å². The smallest absolute Gasteiger partial charge is 0.378 e. The summed E-state index contributed by atoms with van der Waals surface area (Å²) in [4.78, 5) is 22.2. The van der Waals surface area contributed by atoms with E-state index in [0.717, 1.165) is 31.2 Å². The Morgan fingerprint density at radius 2 is 2.03 bits per heavy atom. The summed E-state index contributed by atoms with van der Waals surface area (Å²) in [7, 11) is 1.51. The fraction of sp³-hybridized carbons (Fsp3) is 0.381. The maximum Gasteiger partial charge on any atom is 0.417 e. The van der Waals surface area contributed by atoms with E-state index in [-0.39, 0.29) is 18.3 Å². The molecule has 3 aromatic heterocycles. The molecular weight excluding hydrogens is 485 g/mol. The lowest BCUT2D eigenvalue weighted by Crippen LogP contribution is -2.36. The normalized spacial score (nSPS) is 14.7. The molecule has 1 fully saturated rings. The summed E-state index contributed by atoms with van der Waals surface area (Å²) in [5, 5.41) is 15.7. The fourth-order valence-electron chi connectivity index (χ4n) is 3.39. The number of nitrogens with one attached hydrogen (secondary N) is 2. The largest absolute Gasteiger partial charge is 0.417 e. The number of hydrogen-bond acceptors (Lipinski definition) is 8. The van der Waals surface area contributed by atoms with Crippen molar-refractivity contribution in [1.82, 2.24) is 30.4 Å². The molecule has 10 nitrogen and oxygen atoms in total. The number of halogens is 3. The van der Waals surface area contributed by atoms with Gasteiger partial charge in [-0.25, -0.2) is 9.79 Å². The molecule has 0 saturated carbocycles. The van der Waals surface area contributed by atoms with E-state index in [2.05, 4.69) is 35.7 Å². The minimum Gasteiger partial charge on any atom is -0.378 e. The third-order valence-electron chi connectivity index (χ3n) is 5.17. The zero-order valence-electron chi connectivity index (χ0n) is 18.7. The van der Waals surface area contributed by atoms with Crippen LogP contribution in [0.15, 0.2) is 41.0 Å². The van der Waals surface area contributed by atoms with Crippen LogP contribution in [-0.2, 0) is 17.5 Å². The van der Waals surface area contributed by atoms with Crippen LogP contribution in [-0.4, -0.2) is 65.7 Å². The van der Waals surface area contributed by atoms with Crippen LogP contribution in [0, 0.1) is 0 Å². The molecule has 0 aromatic carbocycles. The number of hydrogen-bond donors (Lipinski definition) is 2. The van der Waals surface area contributed by atoms with Crippen molar-refractivity contribution in [3.63, 3.8) is 0 Å². The van der Waals surface area contributed by atoms with E-state index in [1.165, 1.54) is 24.6 Å². The molecule has 1 aliphatic heterocycles. The van der Waals surface area contributed by atoms with E-state index in [0.29, 0.717) is 35.9 Å². The first-order chi connectivity index (χ1) is 16.8. The maximum absolute atomic E-state index is 13.1. The van der Waals surface area contributed by atoms with Crippen molar-refractivity contribution in [2.24, 2.45) is 4.99 Å². The highest BCUT2D eigenvalue weighted by molar-refractivity contribution is 7.07. The highest BCUT2D eigenvalue weighted by Gasteiger charge is 2.31. The lowest BCUT2D eigenvalue weighted by molar-refractivity contribution is -0.137. The predicted octanol–water partition coefficient (Wildman–Crippen LogP) is 2.42. The molecular formula is C21H23F3N8O2S. The SMILES string of the molecule is CNC(=O)NCCn1c(-c2ccc(N3CCOCC3)nn2)csc1=Nc1cncc(C(F)(F)F)c1. The number of urea groups is 1. The summed E-state index contributed by atoms with van der Waals surface area (Å²) >= 11 is 1.24. The van der Waals surface area contributed by atoms with E-state index < -0.39 is 11.7 Å². The highest BCUT2D eigenvalue weighted by Crippen LogP contribution is 2.30. The van der Waals surface area contributed by atoms with Crippen LogP contribution in [0.4, 0.5) is 29.5 Å². The van der Waals surface area contributed by atoms with Gasteiger partial charge >= 0.3 is 12.2 Å². The molecule has 0 aliphatic carbocycles. The van der Waals surface area contributed by atoms with Crippen molar-refractivity contribution >= 4 is 28.9 Å². The Bertz CT molecular complexity index is 1220. The third kappa shape index (κ3) is 6.14. The first-order valence-electron chi connectivity index (χ1n) is 10.7. The summed E-state index contributed by atoms with van der Waals surface area (Å²) in [6.45, 7) is 3.28. The maximum atomic E-state index is 13.1. The van der Waals surface area contributed by atoms with Crippen molar-refractivity contribution in [2.45, 2.75) is 12.7 Å². The summed E-state index contributed by atoms with van der Waals surface area (Å²) in [5.41, 5.74) is 0.429. The quantitative estimate of drug-likeness (QED) is 0.529. The molecule has 0 spiro atoms. The van der Waals surface area contributed by atoms with Crippen molar-refractivity contribution in [3.05, 3.63) is 46.3 Å². The molecule has 35 heavy (non-hydrogen) atoms. The van der Waals surface area contributed by atoms with Crippen LogP contribution < -0.4 is 20.3 Å². The average Bonchev–Trinajstić information content (AvgIpc) is 3.26. The van der Waals surface area contributed by atoms with E-state index in [9.17, 15) is 18.0 Å². The minimum absolute atomic E-state index is 0.0648. The summed E-state index contributed by atoms with van der Waals surface area (Å²) < 4.78 is 46.4. The molecule has 186 valence electrons. The Hall–Kier alpha value is -3.52. The Labute approximate surface area is 202 Å². The zero-order chi connectivity index (χ0) is 24.8. The predicted molar refractivity (Wildman–Crippen MR) is 123 cm³/mol. The van der Waals surface area contributed by atoms with Gasteiger partial charge in [0.25, 0.3) is 0 Å². The Morgan fingerprint density at radius 1 is 1.23 bits per heavy atom. The standard InChI is InChI=1S/C21H23F3N8O2S/c1-25-19(33)27-4-5-32-17(16-2-3-18(30-29-16)31-6-8-34-9-7-31)13-35-20(32)28-15-10-14(11-26-12-15)21(22,23)24/h2-3,10-13H,4-9H2,1H3,(H2,25,27,33). The van der Waals surface area contributed by atoms with Gasteiger partial charge in [-0.05, 0) is 18.2 Å². The van der Waals surface area contributed by atoms with Gasteiger partial charge in [-0.3, -0.25) is 4.98 Å². The lowest BCUT2D eigenvalue weighted by Gasteiger charge is -2.27. The molecule has 1 saturated heterocycles. The van der Waals surface area contributed by atoms with Crippen molar-refractivity contribution in [2.75, 3.05) is 44.8 Å². The van der Waals surface area contributed by atoms with Crippen molar-refractivity contribution in [3.8, 4) is 11.4 Å². The van der Waals surface area contributed by atoms with Crippen LogP contribution in [0.2, 0.25) is 0 Å². The van der Waals surface area contributed by atoms with Gasteiger partial charge < -0.3 is 24.8 Å². The van der Waals surface area contributed by atoms with Crippen LogP contribution in [0.25, 0.3) is 11.4 Å². The Balaban J connectivity index is 1.67. The molecule has 0 atom stereocenters. The number of nitrogens with zero attached hydrogens (tertiary/aromatic N) is 6. The van der Waals surface area contributed by atoms with Crippen LogP contribution >= 0.6 is 11.3 Å². The topological polar surface area (TPSA) is 110 Å². The first-order valence-corrected chi connectivity index (χ1v) is 11.6. The molecule has 2 amide bonds. The number of morpholine rings is 1. The van der Waals surface area contributed by atoms with Crippen LogP contribution in [0.3, 0.4) is 0 Å². The van der Waals surface area contributed by atoms with Crippen molar-refractivity contribution in [1.29, 1.82) is 0 Å². The number of carbonyl (C=O) groups excluding carboxylic acids is 1. The van der Waals surface area contributed by atoms with E-state index in [4.69, 9.17) is 4.74 Å². The molecule has 3 aromatic rings. The lowest BCUT2D eigenvalue weighted by atomic mass is 10.2. The van der Waals surface area contributed by atoms with Gasteiger partial charge in [-0.2, -0.15) is 13.2 Å². The second kappa shape index (κ2) is 10.8. The molecule has 4 rings (SSSR count). The summed E-state index contributed by atoms with van der Waals surface area (Å²) in [6.07, 6.45) is -2.51. The number of thiazole rings is 1.